The van der Waals surface area contributed by atoms with Gasteiger partial charge in [-0.1, -0.05) is 12.6 Å². The van der Waals surface area contributed by atoms with E-state index >= 15 is 0 Å². The third kappa shape index (κ3) is 15.6. The molecule has 0 atom stereocenters. The second kappa shape index (κ2) is 28.9. The number of methoxy groups -OCH3 is 2. The number of hydrogen-bond acceptors (Lipinski definition) is 19. The van der Waals surface area contributed by atoms with Gasteiger partial charge in [-0.2, -0.15) is 0 Å². The molecule has 7 amide bonds. The molecule has 0 aliphatic carbocycles. The number of nitrogens with one attached hydrogen (secondary N) is 8. The molecular weight excluding hydrogens is 1020 g/mol. The monoisotopic (exact) mass is 1090 g/mol. The highest BCUT2D eigenvalue weighted by Crippen LogP contribution is 2.35. The van der Waals surface area contributed by atoms with Crippen molar-refractivity contribution in [1.82, 2.24) is 52.3 Å². The molecule has 15 N–H and O–H groups in total. The fourth-order valence-electron chi connectivity index (χ4n) is 8.02. The third-order valence-corrected chi connectivity index (χ3v) is 12.4. The van der Waals surface area contributed by atoms with Crippen LogP contribution in [-0.4, -0.2) is 206 Å². The molecule has 8 rings (SSSR count). The predicted octanol–water partition coefficient (Wildman–Crippen LogP) is -0.386. The van der Waals surface area contributed by atoms with Gasteiger partial charge in [0, 0.05) is 123 Å². The first kappa shape index (κ1) is 60.0. The number of phenolic OH excluding ortho intramolecular Hbond substituents is 7. The van der Waals surface area contributed by atoms with Gasteiger partial charge in [0.1, 0.15) is 5.75 Å². The highest BCUT2D eigenvalue weighted by atomic mass is 16.5. The van der Waals surface area contributed by atoms with Crippen molar-refractivity contribution in [1.29, 1.82) is 0 Å². The zero-order valence-electron chi connectivity index (χ0n) is 43.3. The first-order valence-electron chi connectivity index (χ1n) is 24.6. The lowest BCUT2D eigenvalue weighted by molar-refractivity contribution is 0.0916. The Morgan fingerprint density at radius 2 is 0.756 bits per heavy atom. The Morgan fingerprint density at radius 3 is 1.09 bits per heavy atom. The van der Waals surface area contributed by atoms with Gasteiger partial charge in [-0.3, -0.25) is 43.4 Å². The lowest BCUT2D eigenvalue weighted by Crippen LogP contribution is -2.43. The van der Waals surface area contributed by atoms with Gasteiger partial charge in [0.05, 0.1) is 52.2 Å². The van der Waals surface area contributed by atoms with E-state index < -0.39 is 75.8 Å². The number of benzene rings is 4. The SMILES string of the molecule is C=C(NCCOC)c1ccc(C(=O)NCCN2CCNC(=O)c3ccc(c(O)c3O)C(=O)NCCN(CCNC(=O)c3ccc(C(=O)NCCOC)c(O)c3O)CCNC(=O)c3ccc(c(O)c3O)C(=O)NCC2)c(O)c1C. The molecule has 78 heavy (non-hydrogen) atoms. The Kier molecular flexibility index (Phi) is 22.2. The summed E-state index contributed by atoms with van der Waals surface area (Å²) >= 11 is 0. The minimum Gasteiger partial charge on any atom is -0.507 e. The largest absolute Gasteiger partial charge is 0.507 e. The van der Waals surface area contributed by atoms with Crippen molar-refractivity contribution in [3.8, 4) is 40.2 Å². The maximum absolute atomic E-state index is 13.3. The van der Waals surface area contributed by atoms with Crippen LogP contribution in [0.2, 0.25) is 0 Å². The van der Waals surface area contributed by atoms with Gasteiger partial charge >= 0.3 is 0 Å². The summed E-state index contributed by atoms with van der Waals surface area (Å²) in [7, 11) is 2.99. The van der Waals surface area contributed by atoms with Crippen molar-refractivity contribution < 1.29 is 78.8 Å². The van der Waals surface area contributed by atoms with Gasteiger partial charge in [-0.25, -0.2) is 0 Å². The number of ether oxygens (including phenoxy) is 2. The van der Waals surface area contributed by atoms with Crippen LogP contribution in [0.4, 0.5) is 0 Å². The molecule has 26 heteroatoms. The standard InChI is InChI=1S/C52H66N10O16/c1-29-31(30(2)53-19-27-77-3)5-6-32(39(29)63)46(70)54-13-21-61-22-14-55-47(71)33-7-9-35(42(66)40(33)64)49(73)57-16-24-62(25-17-58-50(74)36-10-8-34(41(65)43(36)67)48(72)56-15-23-61)26-18-59-51(75)37-11-12-38(45(69)44(37)68)52(76)60-20-28-78-4/h5-12,53,63-69H,2,13-28H2,1,3-4H3,(H,54,70)(H,55,71)(H,56,72)(H,57,73)(H,58,74)(H,59,75)(H,60,76). The number of amides is 7. The maximum atomic E-state index is 13.3. The summed E-state index contributed by atoms with van der Waals surface area (Å²) in [5.74, 6) is -10.9. The molecular formula is C52H66N10O16. The first-order valence-corrected chi connectivity index (χ1v) is 24.6. The zero-order valence-corrected chi connectivity index (χ0v) is 43.3. The number of nitrogens with zero attached hydrogens (tertiary/aromatic N) is 2. The lowest BCUT2D eigenvalue weighted by atomic mass is 10.0. The molecule has 0 saturated carbocycles. The summed E-state index contributed by atoms with van der Waals surface area (Å²) < 4.78 is 9.93. The third-order valence-electron chi connectivity index (χ3n) is 12.4. The molecule has 4 aromatic rings. The van der Waals surface area contributed by atoms with E-state index in [9.17, 15) is 69.3 Å². The number of phenols is 7. The highest BCUT2D eigenvalue weighted by molar-refractivity contribution is 6.05. The second-order valence-electron chi connectivity index (χ2n) is 17.6. The van der Waals surface area contributed by atoms with Crippen molar-refractivity contribution >= 4 is 47.0 Å². The molecule has 4 heterocycles. The van der Waals surface area contributed by atoms with E-state index in [1.165, 1.54) is 13.2 Å². The molecule has 4 aliphatic heterocycles. The lowest BCUT2D eigenvalue weighted by Gasteiger charge is -2.24. The molecule has 26 nitrogen and oxygen atoms in total. The Bertz CT molecular complexity index is 2600. The minimum absolute atomic E-state index is 0.00612. The van der Waals surface area contributed by atoms with E-state index in [2.05, 4.69) is 49.1 Å². The van der Waals surface area contributed by atoms with Crippen LogP contribution in [0.3, 0.4) is 0 Å². The summed E-state index contributed by atoms with van der Waals surface area (Å²) in [5.41, 5.74) is -0.545. The Labute approximate surface area is 448 Å². The predicted molar refractivity (Wildman–Crippen MR) is 282 cm³/mol. The second-order valence-corrected chi connectivity index (χ2v) is 17.6. The zero-order chi connectivity index (χ0) is 57.1. The van der Waals surface area contributed by atoms with Gasteiger partial charge < -0.3 is 87.8 Å². The van der Waals surface area contributed by atoms with E-state index in [0.717, 1.165) is 36.4 Å². The van der Waals surface area contributed by atoms with Crippen LogP contribution in [0, 0.1) is 6.92 Å². The topological polar surface area (TPSA) is 382 Å². The average molecular weight is 1090 g/mol. The molecule has 0 spiro atoms. The van der Waals surface area contributed by atoms with Gasteiger partial charge in [0.25, 0.3) is 41.4 Å². The van der Waals surface area contributed by atoms with E-state index in [1.54, 1.807) is 29.9 Å². The summed E-state index contributed by atoms with van der Waals surface area (Å²) in [6, 6.07) is 9.98. The summed E-state index contributed by atoms with van der Waals surface area (Å²) in [5, 5.41) is 97.0. The molecule has 0 saturated heterocycles. The Balaban J connectivity index is 1.29. The Morgan fingerprint density at radius 1 is 0.462 bits per heavy atom. The maximum Gasteiger partial charge on any atom is 0.255 e. The van der Waals surface area contributed by atoms with Crippen LogP contribution < -0.4 is 42.5 Å². The minimum atomic E-state index is -0.882. The van der Waals surface area contributed by atoms with Crippen molar-refractivity contribution in [3.63, 3.8) is 0 Å². The van der Waals surface area contributed by atoms with E-state index in [4.69, 9.17) is 9.47 Å². The normalized spacial score (nSPS) is 14.4. The number of aromatic hydroxyl groups is 7. The van der Waals surface area contributed by atoms with Gasteiger partial charge in [-0.05, 0) is 49.4 Å². The smallest absolute Gasteiger partial charge is 0.255 e. The van der Waals surface area contributed by atoms with E-state index in [-0.39, 0.29) is 136 Å². The van der Waals surface area contributed by atoms with Crippen LogP contribution in [0.1, 0.15) is 83.6 Å². The molecule has 4 aromatic carbocycles. The Hall–Kier alpha value is -8.85. The van der Waals surface area contributed by atoms with Crippen molar-refractivity contribution in [2.45, 2.75) is 6.92 Å². The van der Waals surface area contributed by atoms with Crippen LogP contribution in [0.5, 0.6) is 40.2 Å². The summed E-state index contributed by atoms with van der Waals surface area (Å²) in [6.07, 6.45) is 0. The summed E-state index contributed by atoms with van der Waals surface area (Å²) in [6.45, 7) is 6.90. The van der Waals surface area contributed by atoms with Gasteiger partial charge in [0.2, 0.25) is 0 Å². The van der Waals surface area contributed by atoms with Crippen molar-refractivity contribution in [3.05, 3.63) is 105 Å². The molecule has 0 unspecified atom stereocenters. The number of carbonyl (C=O) groups is 7. The van der Waals surface area contributed by atoms with Gasteiger partial charge in [-0.15, -0.1) is 0 Å². The average Bonchev–Trinajstić information content (AvgIpc) is 3.43. The molecule has 0 radical (unpaired) electrons. The highest BCUT2D eigenvalue weighted by Gasteiger charge is 2.25. The van der Waals surface area contributed by atoms with E-state index in [0.29, 0.717) is 30.0 Å². The van der Waals surface area contributed by atoms with Crippen LogP contribution in [0.25, 0.3) is 5.70 Å². The van der Waals surface area contributed by atoms with Crippen molar-refractivity contribution in [2.24, 2.45) is 0 Å². The van der Waals surface area contributed by atoms with Crippen LogP contribution >= 0.6 is 0 Å². The molecule has 4 bridgehead atoms. The first-order chi connectivity index (χ1) is 37.3. The van der Waals surface area contributed by atoms with Crippen LogP contribution in [-0.2, 0) is 9.47 Å². The number of hydrogen-bond donors (Lipinski definition) is 15. The van der Waals surface area contributed by atoms with Crippen molar-refractivity contribution in [2.75, 3.05) is 119 Å². The van der Waals surface area contributed by atoms with E-state index in [1.807, 2.05) is 0 Å². The molecule has 4 aliphatic rings. The quantitative estimate of drug-likeness (QED) is 0.0473. The summed E-state index contributed by atoms with van der Waals surface area (Å²) in [4.78, 5) is 95.6. The molecule has 0 aromatic heterocycles. The van der Waals surface area contributed by atoms with Gasteiger partial charge in [0.15, 0.2) is 34.5 Å². The fraction of sp³-hybridized carbons (Fsp3) is 0.365. The molecule has 0 fully saturated rings. The molecule has 420 valence electrons. The number of rotatable bonds is 17. The number of carbonyl (C=O) groups excluding carboxylic acids is 7. The van der Waals surface area contributed by atoms with Crippen LogP contribution in [0.15, 0.2) is 55.1 Å². The fourth-order valence-corrected chi connectivity index (χ4v) is 8.02.